The molecule has 1 amide bonds. The number of H-pyrrole nitrogens is 1. The Labute approximate surface area is 104 Å². The third-order valence-corrected chi connectivity index (χ3v) is 1.45. The number of nitrogens with one attached hydrogen (secondary N) is 3. The molecule has 1 rings (SSSR count). The minimum Gasteiger partial charge on any atom is -0.372 e. The van der Waals surface area contributed by atoms with Crippen molar-refractivity contribution >= 4 is 12.2 Å². The van der Waals surface area contributed by atoms with E-state index in [0.717, 1.165) is 11.5 Å². The Balaban J connectivity index is 0. The van der Waals surface area contributed by atoms with Crippen molar-refractivity contribution in [1.82, 2.24) is 15.5 Å². The molecule has 1 heterocycles. The molecule has 5 nitrogen and oxygen atoms in total. The van der Waals surface area contributed by atoms with Gasteiger partial charge in [0, 0.05) is 24.3 Å². The number of carbonyl (C=O) groups excluding carboxylic acids is 1. The van der Waals surface area contributed by atoms with Gasteiger partial charge in [0.2, 0.25) is 6.41 Å². The Hall–Kier alpha value is -1.52. The fourth-order valence-corrected chi connectivity index (χ4v) is 0.723. The average Bonchev–Trinajstić information content (AvgIpc) is 2.66. The number of aryl methyl sites for hydroxylation is 1. The number of amides is 1. The van der Waals surface area contributed by atoms with Crippen LogP contribution in [0.4, 0.5) is 5.82 Å². The van der Waals surface area contributed by atoms with Crippen molar-refractivity contribution in [2.24, 2.45) is 0 Å². The highest BCUT2D eigenvalue weighted by Gasteiger charge is 2.04. The van der Waals surface area contributed by atoms with Crippen molar-refractivity contribution in [3.63, 3.8) is 0 Å². The van der Waals surface area contributed by atoms with Crippen LogP contribution in [-0.4, -0.2) is 29.2 Å². The van der Waals surface area contributed by atoms with Crippen LogP contribution >= 0.6 is 0 Å². The molecule has 0 saturated carbocycles. The number of aromatic amines is 1. The molecular weight excluding hydrogens is 216 g/mol. The smallest absolute Gasteiger partial charge is 0.207 e. The number of hydrogen-bond donors (Lipinski definition) is 3. The molecule has 0 aliphatic carbocycles. The van der Waals surface area contributed by atoms with Crippen molar-refractivity contribution in [3.8, 4) is 0 Å². The summed E-state index contributed by atoms with van der Waals surface area (Å²) in [4.78, 5) is 9.71. The summed E-state index contributed by atoms with van der Waals surface area (Å²) in [6.45, 7) is 11.8. The topological polar surface area (TPSA) is 69.8 Å². The molecule has 0 spiro atoms. The van der Waals surface area contributed by atoms with E-state index in [1.165, 1.54) is 0 Å². The van der Waals surface area contributed by atoms with Gasteiger partial charge in [-0.15, -0.1) is 0 Å². The molecule has 0 aromatic carbocycles. The molecule has 100 valence electrons. The summed E-state index contributed by atoms with van der Waals surface area (Å²) in [6, 6.07) is 1.94. The van der Waals surface area contributed by atoms with Gasteiger partial charge in [-0.05, 0) is 27.7 Å². The first-order chi connectivity index (χ1) is 7.89. The van der Waals surface area contributed by atoms with Gasteiger partial charge in [-0.1, -0.05) is 13.8 Å². The number of hydrogen-bond acceptors (Lipinski definition) is 3. The van der Waals surface area contributed by atoms with E-state index in [2.05, 4.69) is 20.8 Å². The maximum absolute atomic E-state index is 9.71. The normalized spacial score (nSPS) is 9.12. The molecule has 0 radical (unpaired) electrons. The SMILES string of the molecule is CC.CC(C)(C)NC=O.CNc1cc(C)[nH]n1. The van der Waals surface area contributed by atoms with Gasteiger partial charge in [0.15, 0.2) is 0 Å². The molecule has 0 unspecified atom stereocenters. The lowest BCUT2D eigenvalue weighted by Crippen LogP contribution is -2.34. The maximum atomic E-state index is 9.71. The molecule has 0 aliphatic heterocycles. The second-order valence-corrected chi connectivity index (χ2v) is 4.20. The van der Waals surface area contributed by atoms with Crippen LogP contribution in [0.1, 0.15) is 40.3 Å². The number of carbonyl (C=O) groups is 1. The molecule has 17 heavy (non-hydrogen) atoms. The standard InChI is InChI=1S/C5H9N3.C5H11NO.C2H6/c1-4-3-5(6-2)8-7-4;1-5(2,3)6-4-7;1-2/h3H,1-2H3,(H2,6,7,8);4H,1-3H3,(H,6,7);1-2H3. The quantitative estimate of drug-likeness (QED) is 0.697. The van der Waals surface area contributed by atoms with Crippen molar-refractivity contribution in [1.29, 1.82) is 0 Å². The van der Waals surface area contributed by atoms with E-state index >= 15 is 0 Å². The molecule has 5 heteroatoms. The summed E-state index contributed by atoms with van der Waals surface area (Å²) in [7, 11) is 1.84. The zero-order valence-corrected chi connectivity index (χ0v) is 12.0. The predicted molar refractivity (Wildman–Crippen MR) is 73.2 cm³/mol. The summed E-state index contributed by atoms with van der Waals surface area (Å²) in [6.07, 6.45) is 0.708. The Morgan fingerprint density at radius 3 is 2.00 bits per heavy atom. The molecule has 0 saturated heterocycles. The van der Waals surface area contributed by atoms with Gasteiger partial charge in [0.25, 0.3) is 0 Å². The van der Waals surface area contributed by atoms with Gasteiger partial charge >= 0.3 is 0 Å². The number of rotatable bonds is 2. The Bertz CT molecular complexity index is 289. The first kappa shape index (κ1) is 17.9. The van der Waals surface area contributed by atoms with E-state index in [1.807, 2.05) is 54.7 Å². The van der Waals surface area contributed by atoms with E-state index < -0.39 is 0 Å². The average molecular weight is 242 g/mol. The third-order valence-electron chi connectivity index (χ3n) is 1.45. The predicted octanol–water partition coefficient (Wildman–Crippen LogP) is 2.32. The van der Waals surface area contributed by atoms with Crippen LogP contribution in [0.3, 0.4) is 0 Å². The van der Waals surface area contributed by atoms with E-state index in [-0.39, 0.29) is 5.54 Å². The number of anilines is 1. The largest absolute Gasteiger partial charge is 0.372 e. The molecule has 1 aromatic heterocycles. The van der Waals surface area contributed by atoms with Crippen LogP contribution in [0.15, 0.2) is 6.07 Å². The van der Waals surface area contributed by atoms with E-state index in [0.29, 0.717) is 6.41 Å². The summed E-state index contributed by atoms with van der Waals surface area (Å²) in [5, 5.41) is 12.2. The van der Waals surface area contributed by atoms with E-state index in [9.17, 15) is 4.79 Å². The Morgan fingerprint density at radius 1 is 1.35 bits per heavy atom. The highest BCUT2D eigenvalue weighted by molar-refractivity contribution is 5.47. The lowest BCUT2D eigenvalue weighted by molar-refractivity contribution is -0.110. The van der Waals surface area contributed by atoms with Crippen LogP contribution in [0, 0.1) is 6.92 Å². The fraction of sp³-hybridized carbons (Fsp3) is 0.667. The zero-order chi connectivity index (χ0) is 13.9. The van der Waals surface area contributed by atoms with Crippen molar-refractivity contribution in [3.05, 3.63) is 11.8 Å². The Kier molecular flexibility index (Phi) is 10.2. The van der Waals surface area contributed by atoms with Gasteiger partial charge in [-0.2, -0.15) is 5.10 Å². The van der Waals surface area contributed by atoms with Crippen LogP contribution in [-0.2, 0) is 4.79 Å². The molecule has 0 aliphatic rings. The summed E-state index contributed by atoms with van der Waals surface area (Å²) in [5.74, 6) is 0.891. The van der Waals surface area contributed by atoms with Crippen molar-refractivity contribution < 1.29 is 4.79 Å². The second kappa shape index (κ2) is 9.69. The minimum atomic E-state index is -0.0677. The lowest BCUT2D eigenvalue weighted by Gasteiger charge is -2.15. The van der Waals surface area contributed by atoms with Crippen LogP contribution in [0.2, 0.25) is 0 Å². The lowest BCUT2D eigenvalue weighted by atomic mass is 10.1. The number of nitrogens with zero attached hydrogens (tertiary/aromatic N) is 1. The molecule has 3 N–H and O–H groups in total. The van der Waals surface area contributed by atoms with Gasteiger partial charge in [-0.25, -0.2) is 0 Å². The van der Waals surface area contributed by atoms with Gasteiger partial charge in [-0.3, -0.25) is 9.89 Å². The van der Waals surface area contributed by atoms with Crippen molar-refractivity contribution in [2.75, 3.05) is 12.4 Å². The molecule has 0 bridgehead atoms. The summed E-state index contributed by atoms with van der Waals surface area (Å²) < 4.78 is 0. The first-order valence-corrected chi connectivity index (χ1v) is 5.80. The number of aromatic nitrogens is 2. The fourth-order valence-electron chi connectivity index (χ4n) is 0.723. The monoisotopic (exact) mass is 242 g/mol. The summed E-state index contributed by atoms with van der Waals surface area (Å²) in [5.41, 5.74) is 1.01. The maximum Gasteiger partial charge on any atom is 0.207 e. The van der Waals surface area contributed by atoms with Crippen LogP contribution < -0.4 is 10.6 Å². The second-order valence-electron chi connectivity index (χ2n) is 4.20. The van der Waals surface area contributed by atoms with Crippen LogP contribution in [0.5, 0.6) is 0 Å². The molecule has 1 aromatic rings. The third kappa shape index (κ3) is 12.4. The van der Waals surface area contributed by atoms with Gasteiger partial charge in [0.1, 0.15) is 5.82 Å². The van der Waals surface area contributed by atoms with E-state index in [1.54, 1.807) is 0 Å². The first-order valence-electron chi connectivity index (χ1n) is 5.80. The highest BCUT2D eigenvalue weighted by atomic mass is 16.1. The van der Waals surface area contributed by atoms with Crippen LogP contribution in [0.25, 0.3) is 0 Å². The molecule has 0 fully saturated rings. The molecular formula is C12H26N4O. The van der Waals surface area contributed by atoms with Crippen molar-refractivity contribution in [2.45, 2.75) is 47.1 Å². The highest BCUT2D eigenvalue weighted by Crippen LogP contribution is 2.00. The van der Waals surface area contributed by atoms with Gasteiger partial charge in [0.05, 0.1) is 0 Å². The van der Waals surface area contributed by atoms with E-state index in [4.69, 9.17) is 0 Å². The summed E-state index contributed by atoms with van der Waals surface area (Å²) >= 11 is 0. The minimum absolute atomic E-state index is 0.0677. The van der Waals surface area contributed by atoms with Gasteiger partial charge < -0.3 is 10.6 Å². The molecule has 0 atom stereocenters. The Morgan fingerprint density at radius 2 is 1.88 bits per heavy atom. The zero-order valence-electron chi connectivity index (χ0n) is 12.0.